The van der Waals surface area contributed by atoms with Crippen molar-refractivity contribution >= 4 is 53.4 Å². The molecule has 0 amide bonds. The number of rotatable bonds is 2. The smallest absolute Gasteiger partial charge is 0.190 e. The molecular weight excluding hydrogens is 298 g/mol. The van der Waals surface area contributed by atoms with Crippen molar-refractivity contribution in [2.24, 2.45) is 0 Å². The molecule has 104 valence electrons. The molecule has 0 fully saturated rings. The van der Waals surface area contributed by atoms with Crippen LogP contribution in [0.3, 0.4) is 0 Å². The summed E-state index contributed by atoms with van der Waals surface area (Å²) >= 11 is 3.33. The molecule has 0 atom stereocenters. The zero-order valence-electron chi connectivity index (χ0n) is 11.7. The molecule has 2 aromatic carbocycles. The Morgan fingerprint density at radius 2 is 1.24 bits per heavy atom. The van der Waals surface area contributed by atoms with Crippen molar-refractivity contribution in [1.29, 1.82) is 0 Å². The van der Waals surface area contributed by atoms with Crippen molar-refractivity contribution in [3.05, 3.63) is 47.5 Å². The van der Waals surface area contributed by atoms with E-state index >= 15 is 0 Å². The lowest BCUT2D eigenvalue weighted by molar-refractivity contribution is 1.37. The largest absolute Gasteiger partial charge is 0.307 e. The molecule has 3 nitrogen and oxygen atoms in total. The van der Waals surface area contributed by atoms with Gasteiger partial charge in [0.15, 0.2) is 10.3 Å². The Hall–Kier alpha value is -1.98. The molecule has 0 saturated heterocycles. The average molecular weight is 311 g/mol. The summed E-state index contributed by atoms with van der Waals surface area (Å²) < 4.78 is 2.41. The summed E-state index contributed by atoms with van der Waals surface area (Å²) in [4.78, 5) is 9.35. The summed E-state index contributed by atoms with van der Waals surface area (Å²) in [5.41, 5.74) is 4.55. The molecule has 0 bridgehead atoms. The fraction of sp³-hybridized carbons (Fsp3) is 0.125. The first kappa shape index (κ1) is 12.7. The van der Waals surface area contributed by atoms with Gasteiger partial charge in [-0.1, -0.05) is 46.9 Å². The maximum absolute atomic E-state index is 4.67. The zero-order chi connectivity index (χ0) is 14.4. The van der Waals surface area contributed by atoms with Gasteiger partial charge in [-0.3, -0.25) is 0 Å². The summed E-state index contributed by atoms with van der Waals surface area (Å²) in [5.74, 6) is 0. The maximum Gasteiger partial charge on any atom is 0.190 e. The Balaban J connectivity index is 1.75. The summed E-state index contributed by atoms with van der Waals surface area (Å²) in [6.07, 6.45) is 0. The van der Waals surface area contributed by atoms with Gasteiger partial charge in [0.05, 0.1) is 20.4 Å². The minimum Gasteiger partial charge on any atom is -0.307 e. The van der Waals surface area contributed by atoms with Gasteiger partial charge in [0, 0.05) is 0 Å². The van der Waals surface area contributed by atoms with Crippen LogP contribution in [0, 0.1) is 13.8 Å². The van der Waals surface area contributed by atoms with Crippen molar-refractivity contribution in [2.45, 2.75) is 13.8 Å². The lowest BCUT2D eigenvalue weighted by Gasteiger charge is -1.94. The second kappa shape index (κ2) is 4.79. The second-order valence-corrected chi connectivity index (χ2v) is 7.07. The fourth-order valence-electron chi connectivity index (χ4n) is 2.37. The van der Waals surface area contributed by atoms with Crippen LogP contribution in [0.1, 0.15) is 11.1 Å². The molecule has 0 aliphatic heterocycles. The molecule has 4 aromatic rings. The third-order valence-corrected chi connectivity index (χ3v) is 5.33. The van der Waals surface area contributed by atoms with Crippen LogP contribution >= 0.6 is 22.7 Å². The van der Waals surface area contributed by atoms with E-state index in [1.807, 2.05) is 0 Å². The third-order valence-electron chi connectivity index (χ3n) is 3.46. The highest BCUT2D eigenvalue weighted by Crippen LogP contribution is 2.33. The van der Waals surface area contributed by atoms with Crippen molar-refractivity contribution in [2.75, 3.05) is 5.32 Å². The Labute approximate surface area is 130 Å². The first-order valence-electron chi connectivity index (χ1n) is 6.70. The zero-order valence-corrected chi connectivity index (χ0v) is 13.3. The van der Waals surface area contributed by atoms with Crippen LogP contribution in [-0.4, -0.2) is 9.97 Å². The molecule has 2 heterocycles. The van der Waals surface area contributed by atoms with Gasteiger partial charge in [0.1, 0.15) is 0 Å². The van der Waals surface area contributed by atoms with Crippen LogP contribution < -0.4 is 5.32 Å². The number of aromatic nitrogens is 2. The summed E-state index contributed by atoms with van der Waals surface area (Å²) in [5, 5.41) is 5.15. The predicted molar refractivity (Wildman–Crippen MR) is 92.0 cm³/mol. The van der Waals surface area contributed by atoms with Crippen LogP contribution in [0.5, 0.6) is 0 Å². The number of thiazole rings is 2. The number of benzene rings is 2. The number of hydrogen-bond donors (Lipinski definition) is 1. The average Bonchev–Trinajstić information content (AvgIpc) is 3.04. The lowest BCUT2D eigenvalue weighted by atomic mass is 10.2. The quantitative estimate of drug-likeness (QED) is 0.548. The molecule has 1 N–H and O–H groups in total. The Morgan fingerprint density at radius 3 is 1.67 bits per heavy atom. The molecule has 21 heavy (non-hydrogen) atoms. The fourth-order valence-corrected chi connectivity index (χ4v) is 4.32. The van der Waals surface area contributed by atoms with E-state index in [9.17, 15) is 0 Å². The molecule has 0 radical (unpaired) electrons. The molecule has 2 aromatic heterocycles. The standard InChI is InChI=1S/C16H13N3S2/c1-9-5-3-7-11-13(9)17-15(20-11)19-16-18-14-10(2)6-4-8-12(14)21-16/h3-8H,1-2H3,(H,17,18,19). The van der Waals surface area contributed by atoms with E-state index in [4.69, 9.17) is 0 Å². The highest BCUT2D eigenvalue weighted by Gasteiger charge is 2.09. The summed E-state index contributed by atoms with van der Waals surface area (Å²) in [7, 11) is 0. The molecule has 4 rings (SSSR count). The van der Waals surface area contributed by atoms with Crippen molar-refractivity contribution in [3.63, 3.8) is 0 Å². The summed E-state index contributed by atoms with van der Waals surface area (Å²) in [6, 6.07) is 12.5. The Kier molecular flexibility index (Phi) is 2.90. The van der Waals surface area contributed by atoms with Gasteiger partial charge in [0.25, 0.3) is 0 Å². The second-order valence-electron chi connectivity index (χ2n) is 5.01. The molecular formula is C16H13N3S2. The van der Waals surface area contributed by atoms with E-state index in [-0.39, 0.29) is 0 Å². The minimum absolute atomic E-state index is 0.899. The van der Waals surface area contributed by atoms with Gasteiger partial charge in [-0.25, -0.2) is 9.97 Å². The number of fused-ring (bicyclic) bond motifs is 2. The SMILES string of the molecule is Cc1cccc2sc(Nc3nc4c(C)cccc4s3)nc12. The number of nitrogens with one attached hydrogen (secondary N) is 1. The molecule has 0 unspecified atom stereocenters. The maximum atomic E-state index is 4.67. The van der Waals surface area contributed by atoms with E-state index in [0.717, 1.165) is 21.3 Å². The molecule has 0 saturated carbocycles. The predicted octanol–water partition coefficient (Wildman–Crippen LogP) is 5.27. The van der Waals surface area contributed by atoms with Crippen molar-refractivity contribution in [3.8, 4) is 0 Å². The molecule has 0 spiro atoms. The van der Waals surface area contributed by atoms with Gasteiger partial charge in [-0.15, -0.1) is 0 Å². The molecule has 0 aliphatic carbocycles. The Bertz CT molecular complexity index is 875. The first-order valence-corrected chi connectivity index (χ1v) is 8.33. The van der Waals surface area contributed by atoms with Crippen LogP contribution in [-0.2, 0) is 0 Å². The monoisotopic (exact) mass is 311 g/mol. The van der Waals surface area contributed by atoms with E-state index in [1.165, 1.54) is 20.5 Å². The Morgan fingerprint density at radius 1 is 0.762 bits per heavy atom. The van der Waals surface area contributed by atoms with Gasteiger partial charge in [-0.2, -0.15) is 0 Å². The molecule has 5 heteroatoms. The van der Waals surface area contributed by atoms with E-state index in [0.29, 0.717) is 0 Å². The highest BCUT2D eigenvalue weighted by molar-refractivity contribution is 7.24. The van der Waals surface area contributed by atoms with Crippen LogP contribution in [0.4, 0.5) is 10.3 Å². The lowest BCUT2D eigenvalue weighted by Crippen LogP contribution is -1.87. The van der Waals surface area contributed by atoms with Gasteiger partial charge in [-0.05, 0) is 37.1 Å². The van der Waals surface area contributed by atoms with Gasteiger partial charge in [0.2, 0.25) is 0 Å². The van der Waals surface area contributed by atoms with Crippen molar-refractivity contribution < 1.29 is 0 Å². The van der Waals surface area contributed by atoms with Crippen LogP contribution in [0.2, 0.25) is 0 Å². The van der Waals surface area contributed by atoms with Gasteiger partial charge < -0.3 is 5.32 Å². The van der Waals surface area contributed by atoms with E-state index in [2.05, 4.69) is 65.5 Å². The van der Waals surface area contributed by atoms with Crippen LogP contribution in [0.15, 0.2) is 36.4 Å². The topological polar surface area (TPSA) is 37.8 Å². The number of anilines is 2. The number of nitrogens with zero attached hydrogens (tertiary/aromatic N) is 2. The van der Waals surface area contributed by atoms with Crippen molar-refractivity contribution in [1.82, 2.24) is 9.97 Å². The van der Waals surface area contributed by atoms with Crippen LogP contribution in [0.25, 0.3) is 20.4 Å². The number of hydrogen-bond acceptors (Lipinski definition) is 5. The normalized spacial score (nSPS) is 11.3. The number of aryl methyl sites for hydroxylation is 2. The van der Waals surface area contributed by atoms with E-state index in [1.54, 1.807) is 22.7 Å². The highest BCUT2D eigenvalue weighted by atomic mass is 32.1. The first-order chi connectivity index (χ1) is 10.2. The van der Waals surface area contributed by atoms with E-state index < -0.39 is 0 Å². The number of para-hydroxylation sites is 2. The van der Waals surface area contributed by atoms with Gasteiger partial charge >= 0.3 is 0 Å². The summed E-state index contributed by atoms with van der Waals surface area (Å²) in [6.45, 7) is 4.18. The molecule has 0 aliphatic rings. The third kappa shape index (κ3) is 2.18. The minimum atomic E-state index is 0.899.